The zero-order valence-electron chi connectivity index (χ0n) is 7.39. The number of hydrogen-bond acceptors (Lipinski definition) is 4. The van der Waals surface area contributed by atoms with Crippen molar-refractivity contribution in [3.05, 3.63) is 28.8 Å². The first-order valence-electron chi connectivity index (χ1n) is 4.08. The van der Waals surface area contributed by atoms with Gasteiger partial charge < -0.3 is 21.1 Å². The molecule has 0 aromatic heterocycles. The van der Waals surface area contributed by atoms with E-state index in [2.05, 4.69) is 0 Å². The average molecular weight is 218 g/mol. The van der Waals surface area contributed by atoms with Gasteiger partial charge in [-0.3, -0.25) is 0 Å². The maximum Gasteiger partial charge on any atom is 0.107 e. The molecule has 0 radical (unpaired) electrons. The lowest BCUT2D eigenvalue weighted by molar-refractivity contribution is -0.0152. The van der Waals surface area contributed by atoms with Crippen LogP contribution in [0.5, 0.6) is 0 Å². The summed E-state index contributed by atoms with van der Waals surface area (Å²) in [6.45, 7) is -0.511. The van der Waals surface area contributed by atoms with E-state index in [0.717, 1.165) is 0 Å². The first kappa shape index (κ1) is 11.3. The van der Waals surface area contributed by atoms with Crippen molar-refractivity contribution in [2.45, 2.75) is 12.2 Å². The number of halogens is 1. The van der Waals surface area contributed by atoms with Gasteiger partial charge >= 0.3 is 0 Å². The standard InChI is InChI=1S/C9H12ClNO3/c10-6-3-5(1-2-7(6)11)9(14)8(13)4-12/h1-3,8-9,12-14H,4,11H2. The molecule has 0 saturated carbocycles. The maximum atomic E-state index is 9.49. The highest BCUT2D eigenvalue weighted by Gasteiger charge is 2.17. The Morgan fingerprint density at radius 2 is 2.00 bits per heavy atom. The number of anilines is 1. The molecule has 5 heteroatoms. The summed E-state index contributed by atoms with van der Waals surface area (Å²) in [7, 11) is 0. The minimum atomic E-state index is -1.21. The summed E-state index contributed by atoms with van der Waals surface area (Å²) < 4.78 is 0. The van der Waals surface area contributed by atoms with Gasteiger partial charge in [-0.05, 0) is 17.7 Å². The average Bonchev–Trinajstić information content (AvgIpc) is 2.20. The van der Waals surface area contributed by atoms with Crippen LogP contribution in [0.3, 0.4) is 0 Å². The molecule has 0 bridgehead atoms. The van der Waals surface area contributed by atoms with Gasteiger partial charge in [0, 0.05) is 0 Å². The quantitative estimate of drug-likeness (QED) is 0.549. The van der Waals surface area contributed by atoms with Gasteiger partial charge in [-0.25, -0.2) is 0 Å². The Kier molecular flexibility index (Phi) is 3.71. The fourth-order valence-electron chi connectivity index (χ4n) is 1.05. The van der Waals surface area contributed by atoms with Gasteiger partial charge in [-0.15, -0.1) is 0 Å². The zero-order chi connectivity index (χ0) is 10.7. The third-order valence-corrected chi connectivity index (χ3v) is 2.24. The van der Waals surface area contributed by atoms with Gasteiger partial charge in [0.15, 0.2) is 0 Å². The van der Waals surface area contributed by atoms with Crippen molar-refractivity contribution in [3.63, 3.8) is 0 Å². The van der Waals surface area contributed by atoms with Crippen LogP contribution in [0.2, 0.25) is 5.02 Å². The van der Waals surface area contributed by atoms with Crippen molar-refractivity contribution in [2.24, 2.45) is 0 Å². The Morgan fingerprint density at radius 1 is 1.36 bits per heavy atom. The molecule has 0 heterocycles. The smallest absolute Gasteiger partial charge is 0.107 e. The van der Waals surface area contributed by atoms with Gasteiger partial charge in [-0.1, -0.05) is 17.7 Å². The van der Waals surface area contributed by atoms with Crippen LogP contribution in [0.4, 0.5) is 5.69 Å². The zero-order valence-corrected chi connectivity index (χ0v) is 8.15. The first-order valence-corrected chi connectivity index (χ1v) is 4.46. The summed E-state index contributed by atoms with van der Waals surface area (Å²) in [5.41, 5.74) is 6.30. The Bertz CT molecular complexity index is 319. The topological polar surface area (TPSA) is 86.7 Å². The molecular weight excluding hydrogens is 206 g/mol. The molecule has 78 valence electrons. The lowest BCUT2D eigenvalue weighted by atomic mass is 10.0. The molecule has 0 aliphatic rings. The van der Waals surface area contributed by atoms with E-state index in [4.69, 9.17) is 27.5 Å². The summed E-state index contributed by atoms with van der Waals surface area (Å²) in [5, 5.41) is 27.6. The number of benzene rings is 1. The van der Waals surface area contributed by atoms with E-state index >= 15 is 0 Å². The van der Waals surface area contributed by atoms with Crippen molar-refractivity contribution < 1.29 is 15.3 Å². The lowest BCUT2D eigenvalue weighted by Crippen LogP contribution is -2.22. The van der Waals surface area contributed by atoms with Gasteiger partial charge in [-0.2, -0.15) is 0 Å². The van der Waals surface area contributed by atoms with E-state index in [1.807, 2.05) is 0 Å². The molecule has 0 spiro atoms. The molecule has 1 aromatic rings. The molecule has 4 nitrogen and oxygen atoms in total. The van der Waals surface area contributed by atoms with Crippen LogP contribution in [0.15, 0.2) is 18.2 Å². The third kappa shape index (κ3) is 2.36. The van der Waals surface area contributed by atoms with E-state index in [1.165, 1.54) is 12.1 Å². The molecule has 0 amide bonds. The predicted octanol–water partition coefficient (Wildman–Crippen LogP) is 0.309. The van der Waals surface area contributed by atoms with Crippen LogP contribution in [-0.4, -0.2) is 28.0 Å². The van der Waals surface area contributed by atoms with Gasteiger partial charge in [0.2, 0.25) is 0 Å². The maximum absolute atomic E-state index is 9.49. The number of hydrogen-bond donors (Lipinski definition) is 4. The minimum absolute atomic E-state index is 0.312. The molecule has 0 fully saturated rings. The van der Waals surface area contributed by atoms with E-state index < -0.39 is 18.8 Å². The SMILES string of the molecule is Nc1ccc(C(O)C(O)CO)cc1Cl. The lowest BCUT2D eigenvalue weighted by Gasteiger charge is -2.16. The Labute approximate surface area is 86.6 Å². The third-order valence-electron chi connectivity index (χ3n) is 1.92. The van der Waals surface area contributed by atoms with Gasteiger partial charge in [0.05, 0.1) is 17.3 Å². The number of nitrogen functional groups attached to an aromatic ring is 1. The Morgan fingerprint density at radius 3 is 2.50 bits per heavy atom. The van der Waals surface area contributed by atoms with E-state index in [1.54, 1.807) is 6.07 Å². The van der Waals surface area contributed by atoms with E-state index in [9.17, 15) is 5.11 Å². The highest BCUT2D eigenvalue weighted by Crippen LogP contribution is 2.24. The highest BCUT2D eigenvalue weighted by atomic mass is 35.5. The van der Waals surface area contributed by atoms with Gasteiger partial charge in [0.1, 0.15) is 12.2 Å². The molecule has 2 atom stereocenters. The summed E-state index contributed by atoms with van der Waals surface area (Å²) in [4.78, 5) is 0. The summed E-state index contributed by atoms with van der Waals surface area (Å²) >= 11 is 5.73. The second-order valence-corrected chi connectivity index (χ2v) is 3.38. The molecule has 5 N–H and O–H groups in total. The van der Waals surface area contributed by atoms with E-state index in [-0.39, 0.29) is 0 Å². The van der Waals surface area contributed by atoms with Gasteiger partial charge in [0.25, 0.3) is 0 Å². The number of aliphatic hydroxyl groups is 3. The number of rotatable bonds is 3. The summed E-state index contributed by atoms with van der Waals surface area (Å²) in [6, 6.07) is 4.54. The van der Waals surface area contributed by atoms with Crippen molar-refractivity contribution in [1.82, 2.24) is 0 Å². The Balaban J connectivity index is 2.91. The normalized spacial score (nSPS) is 15.1. The molecule has 1 aromatic carbocycles. The molecule has 2 unspecified atom stereocenters. The summed E-state index contributed by atoms with van der Waals surface area (Å²) in [6.07, 6.45) is -2.37. The predicted molar refractivity (Wildman–Crippen MR) is 53.9 cm³/mol. The largest absolute Gasteiger partial charge is 0.398 e. The van der Waals surface area contributed by atoms with Crippen LogP contribution in [-0.2, 0) is 0 Å². The molecular formula is C9H12ClNO3. The molecule has 14 heavy (non-hydrogen) atoms. The van der Waals surface area contributed by atoms with Crippen LogP contribution < -0.4 is 5.73 Å². The van der Waals surface area contributed by atoms with Crippen molar-refractivity contribution >= 4 is 17.3 Å². The number of nitrogens with two attached hydrogens (primary N) is 1. The Hall–Kier alpha value is -0.810. The molecule has 0 aliphatic carbocycles. The van der Waals surface area contributed by atoms with Crippen molar-refractivity contribution in [2.75, 3.05) is 12.3 Å². The van der Waals surface area contributed by atoms with E-state index in [0.29, 0.717) is 16.3 Å². The van der Waals surface area contributed by atoms with Crippen LogP contribution in [0.25, 0.3) is 0 Å². The van der Waals surface area contributed by atoms with Crippen molar-refractivity contribution in [3.8, 4) is 0 Å². The highest BCUT2D eigenvalue weighted by molar-refractivity contribution is 6.33. The fraction of sp³-hybridized carbons (Fsp3) is 0.333. The fourth-order valence-corrected chi connectivity index (χ4v) is 1.24. The minimum Gasteiger partial charge on any atom is -0.398 e. The molecule has 0 saturated heterocycles. The molecule has 0 aliphatic heterocycles. The second-order valence-electron chi connectivity index (χ2n) is 2.98. The first-order chi connectivity index (χ1) is 6.56. The van der Waals surface area contributed by atoms with Crippen LogP contribution >= 0.6 is 11.6 Å². The van der Waals surface area contributed by atoms with Crippen LogP contribution in [0, 0.1) is 0 Å². The second kappa shape index (κ2) is 4.61. The number of aliphatic hydroxyl groups excluding tert-OH is 3. The monoisotopic (exact) mass is 217 g/mol. The molecule has 1 rings (SSSR count). The summed E-state index contributed by atoms with van der Waals surface area (Å²) in [5.74, 6) is 0. The van der Waals surface area contributed by atoms with Crippen molar-refractivity contribution in [1.29, 1.82) is 0 Å². The van der Waals surface area contributed by atoms with Crippen LogP contribution in [0.1, 0.15) is 11.7 Å².